The lowest BCUT2D eigenvalue weighted by molar-refractivity contribution is -0.179. The molecule has 2 fully saturated rings. The highest BCUT2D eigenvalue weighted by Crippen LogP contribution is 2.66. The first-order chi connectivity index (χ1) is 33.9. The summed E-state index contributed by atoms with van der Waals surface area (Å²) in [6.45, 7) is 3.53. The van der Waals surface area contributed by atoms with Gasteiger partial charge in [0.25, 0.3) is 0 Å². The summed E-state index contributed by atoms with van der Waals surface area (Å²) in [6, 6.07) is 27.9. The molecular weight excluding hydrogens is 893 g/mol. The first-order valence-electron chi connectivity index (χ1n) is 23.2. The van der Waals surface area contributed by atoms with Gasteiger partial charge in [0.15, 0.2) is 11.5 Å². The lowest BCUT2D eigenvalue weighted by Crippen LogP contribution is -2.58. The van der Waals surface area contributed by atoms with E-state index in [2.05, 4.69) is 17.2 Å². The molecule has 7 unspecified atom stereocenters. The largest absolute Gasteiger partial charge is 0.508 e. The average Bonchev–Trinajstić information content (AvgIpc) is 3.83. The van der Waals surface area contributed by atoms with Crippen molar-refractivity contribution in [1.29, 1.82) is 0 Å². The molecule has 7 atom stereocenters. The van der Waals surface area contributed by atoms with Crippen LogP contribution >= 0.6 is 0 Å². The van der Waals surface area contributed by atoms with Gasteiger partial charge in [-0.05, 0) is 88.2 Å². The number of ether oxygens (including phenoxy) is 4. The molecule has 15 nitrogen and oxygen atoms in total. The van der Waals surface area contributed by atoms with Crippen molar-refractivity contribution >= 4 is 35.5 Å². The van der Waals surface area contributed by atoms with Crippen LogP contribution in [0.3, 0.4) is 0 Å². The molecule has 4 amide bonds. The van der Waals surface area contributed by atoms with E-state index in [0.29, 0.717) is 34.6 Å². The van der Waals surface area contributed by atoms with Gasteiger partial charge >= 0.3 is 18.0 Å². The molecule has 360 valence electrons. The van der Waals surface area contributed by atoms with Crippen LogP contribution < -0.4 is 19.7 Å². The van der Waals surface area contributed by atoms with E-state index in [1.807, 2.05) is 77.7 Å². The highest BCUT2D eigenvalue weighted by Gasteiger charge is 2.76. The minimum absolute atomic E-state index is 0.0676. The van der Waals surface area contributed by atoms with Gasteiger partial charge < -0.3 is 39.4 Å². The molecule has 0 aromatic heterocycles. The van der Waals surface area contributed by atoms with Crippen molar-refractivity contribution in [2.45, 2.75) is 68.9 Å². The average molecular weight is 947 g/mol. The van der Waals surface area contributed by atoms with Crippen molar-refractivity contribution < 1.29 is 53.1 Å². The third-order valence-electron chi connectivity index (χ3n) is 14.0. The first kappa shape index (κ1) is 47.4. The Hall–Kier alpha value is -7.67. The summed E-state index contributed by atoms with van der Waals surface area (Å²) in [5.74, 6) is 2.06. The number of esters is 2. The number of rotatable bonds is 10. The number of phenolic OH excluding ortho intramolecular Hbond substituents is 1. The number of amides is 4. The second-order valence-electron chi connectivity index (χ2n) is 18.2. The van der Waals surface area contributed by atoms with Crippen LogP contribution in [0.5, 0.6) is 17.2 Å². The summed E-state index contributed by atoms with van der Waals surface area (Å²) in [4.78, 5) is 81.4. The minimum atomic E-state index is -2.12. The standard InChI is InChI=1S/C55H54N4O11/c1-32(2)45(51(63)69-5)56-54(66)58-41-24-19-33(14-12-13-27-60)28-40(41)55(53(58)65)44(50(62)57-26-25-37-29-42(67-3)43(68-4)30-38(37)31-57)47-52(64)70-48(35-17-10-7-11-18-35)46(34-15-8-6-9-16-34)59(47)49(55)36-20-22-39(61)23-21-36/h6-11,15-24,28-30,32,44-49,60-61H,13,25-27,31H2,1-5H3,(H,56,66). The third-order valence-corrected chi connectivity index (χ3v) is 14.0. The molecule has 4 aliphatic rings. The Kier molecular flexibility index (Phi) is 13.1. The summed E-state index contributed by atoms with van der Waals surface area (Å²) >= 11 is 0. The van der Waals surface area contributed by atoms with Gasteiger partial charge in [-0.15, -0.1) is 0 Å². The number of morpholine rings is 1. The smallest absolute Gasteiger partial charge is 0.329 e. The summed E-state index contributed by atoms with van der Waals surface area (Å²) in [7, 11) is 4.28. The Morgan fingerprint density at radius 3 is 2.11 bits per heavy atom. The number of hydrogen-bond acceptors (Lipinski definition) is 12. The highest BCUT2D eigenvalue weighted by atomic mass is 16.6. The van der Waals surface area contributed by atoms with Crippen LogP contribution in [-0.2, 0) is 47.0 Å². The van der Waals surface area contributed by atoms with Crippen molar-refractivity contribution in [3.8, 4) is 29.1 Å². The molecule has 4 heterocycles. The number of imide groups is 1. The number of carbonyl (C=O) groups excluding carboxylic acids is 5. The van der Waals surface area contributed by atoms with Crippen molar-refractivity contribution in [1.82, 2.24) is 15.1 Å². The van der Waals surface area contributed by atoms with Crippen molar-refractivity contribution in [2.24, 2.45) is 11.8 Å². The molecule has 0 radical (unpaired) electrons. The number of urea groups is 1. The topological polar surface area (TPSA) is 184 Å². The summed E-state index contributed by atoms with van der Waals surface area (Å²) in [5.41, 5.74) is 2.17. The molecular formula is C55H54N4O11. The number of aliphatic hydroxyl groups excluding tert-OH is 1. The van der Waals surface area contributed by atoms with Crippen LogP contribution in [0.25, 0.3) is 0 Å². The lowest BCUT2D eigenvalue weighted by Gasteiger charge is -2.46. The SMILES string of the molecule is COC(=O)C(NC(=O)N1C(=O)C2(c3cc(C#CCCO)ccc31)C(C(=O)N1CCc3cc(OC)c(OC)cc3C1)C1C(=O)OC(c3ccccc3)C(c3ccccc3)N1C2c1ccc(O)cc1)C(C)C. The molecule has 0 bridgehead atoms. The molecule has 2 saturated heterocycles. The fourth-order valence-electron chi connectivity index (χ4n) is 10.9. The Bertz CT molecular complexity index is 2900. The number of aliphatic hydroxyl groups is 1. The van der Waals surface area contributed by atoms with E-state index in [0.717, 1.165) is 21.6 Å². The number of cyclic esters (lactones) is 1. The molecule has 15 heteroatoms. The van der Waals surface area contributed by atoms with Crippen molar-refractivity contribution in [2.75, 3.05) is 39.4 Å². The predicted octanol–water partition coefficient (Wildman–Crippen LogP) is 6.30. The van der Waals surface area contributed by atoms with Crippen LogP contribution in [0.1, 0.15) is 77.4 Å². The van der Waals surface area contributed by atoms with Gasteiger partial charge in [0.2, 0.25) is 11.8 Å². The molecule has 70 heavy (non-hydrogen) atoms. The highest BCUT2D eigenvalue weighted by molar-refractivity contribution is 6.25. The predicted molar refractivity (Wildman–Crippen MR) is 256 cm³/mol. The van der Waals surface area contributed by atoms with Crippen LogP contribution in [0.4, 0.5) is 10.5 Å². The lowest BCUT2D eigenvalue weighted by atomic mass is 9.64. The second-order valence-corrected chi connectivity index (χ2v) is 18.2. The van der Waals surface area contributed by atoms with E-state index >= 15 is 19.2 Å². The Morgan fingerprint density at radius 1 is 0.829 bits per heavy atom. The molecule has 1 spiro atoms. The van der Waals surface area contributed by atoms with Crippen LogP contribution in [0, 0.1) is 23.7 Å². The number of fused-ring (bicyclic) bond motifs is 4. The van der Waals surface area contributed by atoms with Crippen molar-refractivity contribution in [3.05, 3.63) is 154 Å². The van der Waals surface area contributed by atoms with E-state index < -0.39 is 77.3 Å². The molecule has 3 N–H and O–H groups in total. The second kappa shape index (κ2) is 19.4. The zero-order valence-corrected chi connectivity index (χ0v) is 39.5. The molecule has 9 rings (SSSR count). The number of nitrogens with one attached hydrogen (secondary N) is 1. The molecule has 0 saturated carbocycles. The van der Waals surface area contributed by atoms with E-state index in [1.54, 1.807) is 56.2 Å². The van der Waals surface area contributed by atoms with Crippen molar-refractivity contribution in [3.63, 3.8) is 0 Å². The van der Waals surface area contributed by atoms with Gasteiger partial charge in [0.1, 0.15) is 29.4 Å². The number of nitrogens with zero attached hydrogens (tertiary/aromatic N) is 3. The number of benzene rings is 5. The monoisotopic (exact) mass is 946 g/mol. The Labute approximate surface area is 405 Å². The Morgan fingerprint density at radius 2 is 1.49 bits per heavy atom. The van der Waals surface area contributed by atoms with Gasteiger partial charge in [-0.25, -0.2) is 14.5 Å². The minimum Gasteiger partial charge on any atom is -0.508 e. The molecule has 4 aliphatic heterocycles. The summed E-state index contributed by atoms with van der Waals surface area (Å²) < 4.78 is 23.0. The maximum Gasteiger partial charge on any atom is 0.329 e. The fraction of sp³-hybridized carbons (Fsp3) is 0.327. The van der Waals surface area contributed by atoms with Crippen LogP contribution in [0.2, 0.25) is 0 Å². The number of hydrogen-bond donors (Lipinski definition) is 3. The number of carbonyl (C=O) groups is 5. The van der Waals surface area contributed by atoms with Gasteiger partial charge in [0.05, 0.1) is 51.6 Å². The first-order valence-corrected chi connectivity index (χ1v) is 23.2. The third kappa shape index (κ3) is 7.96. The van der Waals surface area contributed by atoms with Gasteiger partial charge in [-0.1, -0.05) is 98.5 Å². The molecule has 0 aliphatic carbocycles. The normalized spacial score (nSPS) is 22.8. The maximum atomic E-state index is 16.7. The van der Waals surface area contributed by atoms with Crippen LogP contribution in [-0.4, -0.2) is 96.4 Å². The Balaban J connectivity index is 1.35. The number of anilines is 1. The summed E-state index contributed by atoms with van der Waals surface area (Å²) in [6.07, 6.45) is -0.413. The van der Waals surface area contributed by atoms with Gasteiger partial charge in [-0.3, -0.25) is 19.3 Å². The van der Waals surface area contributed by atoms with Gasteiger partial charge in [0, 0.05) is 25.1 Å². The fourth-order valence-corrected chi connectivity index (χ4v) is 10.9. The van der Waals surface area contributed by atoms with E-state index in [9.17, 15) is 15.0 Å². The quantitative estimate of drug-likeness (QED) is 0.105. The number of phenols is 1. The maximum absolute atomic E-state index is 16.7. The number of methoxy groups -OCH3 is 3. The zero-order valence-electron chi connectivity index (χ0n) is 39.5. The van der Waals surface area contributed by atoms with Crippen LogP contribution in [0.15, 0.2) is 115 Å². The summed E-state index contributed by atoms with van der Waals surface area (Å²) in [5, 5.41) is 23.3. The van der Waals surface area contributed by atoms with E-state index in [4.69, 9.17) is 18.9 Å². The molecule has 5 aromatic carbocycles. The van der Waals surface area contributed by atoms with E-state index in [1.165, 1.54) is 26.4 Å². The van der Waals surface area contributed by atoms with Gasteiger partial charge in [-0.2, -0.15) is 0 Å². The molecule has 5 aromatic rings. The zero-order chi connectivity index (χ0) is 49.4. The number of aromatic hydroxyl groups is 1. The van der Waals surface area contributed by atoms with E-state index in [-0.39, 0.29) is 43.1 Å².